The van der Waals surface area contributed by atoms with E-state index in [0.29, 0.717) is 0 Å². The molecule has 0 amide bonds. The molecule has 94 valence electrons. The van der Waals surface area contributed by atoms with E-state index in [1.54, 1.807) is 20.8 Å². The quantitative estimate of drug-likeness (QED) is 0.720. The summed E-state index contributed by atoms with van der Waals surface area (Å²) >= 11 is 0. The van der Waals surface area contributed by atoms with E-state index in [1.807, 2.05) is 0 Å². The number of ketones is 1. The zero-order valence-corrected chi connectivity index (χ0v) is 10.9. The minimum Gasteiger partial charge on any atom is -0.380 e. The molecule has 4 unspecified atom stereocenters. The Bertz CT molecular complexity index is 338. The fraction of sp³-hybridized carbons (Fsp3) is 0.900. The molecule has 0 aliphatic heterocycles. The van der Waals surface area contributed by atoms with Crippen molar-refractivity contribution in [3.8, 4) is 0 Å². The molecule has 5 nitrogen and oxygen atoms in total. The highest BCUT2D eigenvalue weighted by atomic mass is 31.2. The van der Waals surface area contributed by atoms with Crippen molar-refractivity contribution >= 4 is 13.4 Å². The fourth-order valence-corrected chi connectivity index (χ4v) is 3.96. The Morgan fingerprint density at radius 1 is 1.56 bits per heavy atom. The zero-order valence-electron chi connectivity index (χ0n) is 10.0. The molecule has 1 fully saturated rings. The lowest BCUT2D eigenvalue weighted by atomic mass is 10.1. The van der Waals surface area contributed by atoms with Gasteiger partial charge >= 0.3 is 7.60 Å². The molecule has 1 saturated carbocycles. The molecular formula is C10H19O5P. The highest BCUT2D eigenvalue weighted by molar-refractivity contribution is 7.53. The lowest BCUT2D eigenvalue weighted by Gasteiger charge is -2.18. The van der Waals surface area contributed by atoms with Crippen LogP contribution >= 0.6 is 7.60 Å². The summed E-state index contributed by atoms with van der Waals surface area (Å²) in [4.78, 5) is 20.8. The molecule has 16 heavy (non-hydrogen) atoms. The lowest BCUT2D eigenvalue weighted by Crippen LogP contribution is -2.16. The van der Waals surface area contributed by atoms with Crippen molar-refractivity contribution in [3.63, 3.8) is 0 Å². The first-order valence-electron chi connectivity index (χ1n) is 5.31. The first-order chi connectivity index (χ1) is 7.16. The smallest absolute Gasteiger partial charge is 0.356 e. The summed E-state index contributed by atoms with van der Waals surface area (Å²) in [5.41, 5.74) is -0.430. The zero-order chi connectivity index (χ0) is 12.7. The molecule has 1 rings (SSSR count). The number of rotatable bonds is 5. The molecule has 1 aliphatic carbocycles. The SMILES string of the molecule is CCOP(=O)(O)C(O)C1C(C(C)=O)C1(C)C. The molecule has 6 heteroatoms. The van der Waals surface area contributed by atoms with Gasteiger partial charge in [-0.1, -0.05) is 13.8 Å². The van der Waals surface area contributed by atoms with Gasteiger partial charge in [0, 0.05) is 11.8 Å². The summed E-state index contributed by atoms with van der Waals surface area (Å²) in [6.45, 7) is 6.68. The summed E-state index contributed by atoms with van der Waals surface area (Å²) in [6.07, 6.45) is 0. The predicted molar refractivity (Wildman–Crippen MR) is 58.9 cm³/mol. The van der Waals surface area contributed by atoms with Crippen LogP contribution in [0.3, 0.4) is 0 Å². The Morgan fingerprint density at radius 2 is 2.06 bits per heavy atom. The van der Waals surface area contributed by atoms with E-state index in [0.717, 1.165) is 0 Å². The normalized spacial score (nSPS) is 32.9. The van der Waals surface area contributed by atoms with Gasteiger partial charge in [-0.3, -0.25) is 9.36 Å². The molecular weight excluding hydrogens is 231 g/mol. The first kappa shape index (κ1) is 13.8. The number of aliphatic hydroxyl groups excluding tert-OH is 1. The number of aliphatic hydroxyl groups is 1. The van der Waals surface area contributed by atoms with Crippen molar-refractivity contribution in [2.45, 2.75) is 33.5 Å². The van der Waals surface area contributed by atoms with Gasteiger partial charge in [0.05, 0.1) is 6.61 Å². The van der Waals surface area contributed by atoms with E-state index in [4.69, 9.17) is 0 Å². The molecule has 0 aromatic heterocycles. The van der Waals surface area contributed by atoms with Crippen molar-refractivity contribution in [2.24, 2.45) is 17.3 Å². The van der Waals surface area contributed by atoms with Gasteiger partial charge in [0.2, 0.25) is 0 Å². The van der Waals surface area contributed by atoms with Gasteiger partial charge in [0.15, 0.2) is 5.85 Å². The summed E-state index contributed by atoms with van der Waals surface area (Å²) in [5.74, 6) is -2.39. The predicted octanol–water partition coefficient (Wildman–Crippen LogP) is 1.39. The highest BCUT2D eigenvalue weighted by Crippen LogP contribution is 2.67. The monoisotopic (exact) mass is 250 g/mol. The molecule has 2 N–H and O–H groups in total. The van der Waals surface area contributed by atoms with Crippen LogP contribution in [-0.4, -0.2) is 28.2 Å². The van der Waals surface area contributed by atoms with Gasteiger partial charge < -0.3 is 14.5 Å². The number of hydrogen-bond donors (Lipinski definition) is 2. The maximum Gasteiger partial charge on any atom is 0.356 e. The van der Waals surface area contributed by atoms with Crippen LogP contribution in [0.2, 0.25) is 0 Å². The molecule has 0 aromatic rings. The van der Waals surface area contributed by atoms with Crippen LogP contribution in [0, 0.1) is 17.3 Å². The Hall–Kier alpha value is -0.220. The van der Waals surface area contributed by atoms with Gasteiger partial charge in [-0.05, 0) is 19.3 Å². The van der Waals surface area contributed by atoms with E-state index < -0.39 is 24.8 Å². The highest BCUT2D eigenvalue weighted by Gasteiger charge is 2.66. The molecule has 0 spiro atoms. The molecule has 0 heterocycles. The van der Waals surface area contributed by atoms with E-state index in [1.165, 1.54) is 6.92 Å². The van der Waals surface area contributed by atoms with Crippen molar-refractivity contribution in [2.75, 3.05) is 6.61 Å². The minimum absolute atomic E-state index is 0.0583. The van der Waals surface area contributed by atoms with E-state index >= 15 is 0 Å². The molecule has 0 aromatic carbocycles. The van der Waals surface area contributed by atoms with Crippen molar-refractivity contribution in [3.05, 3.63) is 0 Å². The topological polar surface area (TPSA) is 83.8 Å². The summed E-state index contributed by atoms with van der Waals surface area (Å²) in [5, 5.41) is 9.81. The summed E-state index contributed by atoms with van der Waals surface area (Å²) < 4.78 is 16.3. The van der Waals surface area contributed by atoms with Crippen LogP contribution in [0.15, 0.2) is 0 Å². The largest absolute Gasteiger partial charge is 0.380 e. The minimum atomic E-state index is -4.03. The van der Waals surface area contributed by atoms with Crippen LogP contribution in [0.4, 0.5) is 0 Å². The maximum atomic E-state index is 11.6. The number of carbonyl (C=O) groups is 1. The number of carbonyl (C=O) groups excluding carboxylic acids is 1. The summed E-state index contributed by atoms with van der Waals surface area (Å²) in [7, 11) is -4.03. The van der Waals surface area contributed by atoms with E-state index in [9.17, 15) is 19.4 Å². The average Bonchev–Trinajstić information content (AvgIpc) is 2.67. The molecule has 0 saturated heterocycles. The Labute approximate surface area is 95.3 Å². The van der Waals surface area contributed by atoms with Crippen LogP contribution in [0.25, 0.3) is 0 Å². The average molecular weight is 250 g/mol. The second-order valence-corrected chi connectivity index (χ2v) is 6.75. The standard InChI is InChI=1S/C10H19O5P/c1-5-15-16(13,14)9(12)8-7(6(2)11)10(8,3)4/h7-9,12H,5H2,1-4H3,(H,13,14). The van der Waals surface area contributed by atoms with Crippen molar-refractivity contribution in [1.82, 2.24) is 0 Å². The van der Waals surface area contributed by atoms with Gasteiger partial charge in [0.25, 0.3) is 0 Å². The van der Waals surface area contributed by atoms with Crippen LogP contribution in [0.1, 0.15) is 27.7 Å². The summed E-state index contributed by atoms with van der Waals surface area (Å²) in [6, 6.07) is 0. The second-order valence-electron chi connectivity index (χ2n) is 4.83. The molecule has 0 bridgehead atoms. The Kier molecular flexibility index (Phi) is 3.65. The fourth-order valence-electron chi connectivity index (χ4n) is 2.47. The van der Waals surface area contributed by atoms with E-state index in [2.05, 4.69) is 4.52 Å². The van der Waals surface area contributed by atoms with Gasteiger partial charge in [-0.25, -0.2) is 0 Å². The van der Waals surface area contributed by atoms with Gasteiger partial charge in [-0.15, -0.1) is 0 Å². The Balaban J connectivity index is 2.82. The van der Waals surface area contributed by atoms with Crippen molar-refractivity contribution < 1.29 is 23.9 Å². The van der Waals surface area contributed by atoms with Gasteiger partial charge in [-0.2, -0.15) is 0 Å². The van der Waals surface area contributed by atoms with Crippen LogP contribution < -0.4 is 0 Å². The lowest BCUT2D eigenvalue weighted by molar-refractivity contribution is -0.119. The second kappa shape index (κ2) is 4.22. The third-order valence-corrected chi connectivity index (χ3v) is 4.94. The van der Waals surface area contributed by atoms with E-state index in [-0.39, 0.29) is 18.3 Å². The third-order valence-electron chi connectivity index (χ3n) is 3.32. The number of hydrogen-bond acceptors (Lipinski definition) is 4. The first-order valence-corrected chi connectivity index (χ1v) is 6.96. The Morgan fingerprint density at radius 3 is 2.38 bits per heavy atom. The molecule has 1 aliphatic rings. The van der Waals surface area contributed by atoms with Gasteiger partial charge in [0.1, 0.15) is 5.78 Å². The maximum absolute atomic E-state index is 11.6. The third kappa shape index (κ3) is 2.23. The molecule has 4 atom stereocenters. The van der Waals surface area contributed by atoms with Crippen LogP contribution in [-0.2, 0) is 13.9 Å². The van der Waals surface area contributed by atoms with Crippen molar-refractivity contribution in [1.29, 1.82) is 0 Å². The van der Waals surface area contributed by atoms with Crippen LogP contribution in [0.5, 0.6) is 0 Å². The number of Topliss-reactive ketones (excluding diaryl/α,β-unsaturated/α-hetero) is 1. The molecule has 0 radical (unpaired) electrons.